The summed E-state index contributed by atoms with van der Waals surface area (Å²) in [4.78, 5) is 41.7. The standard InChI is InChI=1S/C60H71N8O9P/c1-41(2)68(42(3)4)78(76-35-17-33-61)77-43(5)54(37-75-60(44-18-10-9-11-19-44,45-25-29-47(71-7)30-26-45)46-27-31-48(72-8)32-28-46)74-40-67-39-64-56-57(62-38-63-58(56)67)65-55(69)24-16-34-66(6)59(70)73-36-53-51-22-14-12-20-49(51)50-21-13-15-23-52(50)53/h9-15,18-23,25-33,38-39,41-43,53-54,61H,16-17,24,34-37,40H2,1-8H3,(H,62,63,65,69)/t43?,54-,78?/m1/s1. The number of carbonyl (C=O) groups excluding carboxylic acids is 2. The van der Waals surface area contributed by atoms with E-state index in [0.717, 1.165) is 38.9 Å². The first kappa shape index (κ1) is 57.1. The fraction of sp³-hybridized carbons (Fsp3) is 0.367. The second-order valence-electron chi connectivity index (χ2n) is 19.6. The van der Waals surface area contributed by atoms with E-state index in [4.69, 9.17) is 38.1 Å². The smallest absolute Gasteiger partial charge is 0.409 e. The zero-order valence-corrected chi connectivity index (χ0v) is 46.6. The number of ether oxygens (including phenoxy) is 5. The minimum Gasteiger partial charge on any atom is -0.497 e. The third-order valence-corrected chi connectivity index (χ3v) is 16.0. The lowest BCUT2D eigenvalue weighted by Gasteiger charge is -2.40. The first-order valence-electron chi connectivity index (χ1n) is 26.4. The van der Waals surface area contributed by atoms with Crippen molar-refractivity contribution >= 4 is 43.7 Å². The SMILES string of the molecule is COc1ccc(C(OC[C@@H](OCn2cnc3c(NC(=O)CCCN(C)C(=O)OCC4c5ccccc5-c5ccccc54)ncnc32)C(C)OP(OCCC=N)N(C(C)C)C(C)C)(c2ccccc2)c2ccc(OC)cc2)cc1. The van der Waals surface area contributed by atoms with Gasteiger partial charge in [-0.25, -0.2) is 24.4 Å². The van der Waals surface area contributed by atoms with Crippen LogP contribution in [0.15, 0.2) is 140 Å². The van der Waals surface area contributed by atoms with Gasteiger partial charge in [-0.3, -0.25) is 9.36 Å². The lowest BCUT2D eigenvalue weighted by molar-refractivity contribution is -0.116. The molecule has 2 heterocycles. The molecule has 0 bridgehead atoms. The van der Waals surface area contributed by atoms with Crippen molar-refractivity contribution in [3.63, 3.8) is 0 Å². The van der Waals surface area contributed by atoms with Gasteiger partial charge in [0.15, 0.2) is 17.0 Å². The number of fused-ring (bicyclic) bond motifs is 4. The number of rotatable bonds is 28. The second-order valence-corrected chi connectivity index (χ2v) is 21.0. The third kappa shape index (κ3) is 13.2. The van der Waals surface area contributed by atoms with Gasteiger partial charge in [-0.1, -0.05) is 103 Å². The Morgan fingerprint density at radius 2 is 1.37 bits per heavy atom. The number of nitrogens with one attached hydrogen (secondary N) is 2. The number of methoxy groups -OCH3 is 2. The zero-order chi connectivity index (χ0) is 55.2. The molecule has 0 saturated heterocycles. The number of imidazole rings is 1. The molecule has 18 heteroatoms. The monoisotopic (exact) mass is 1080 g/mol. The number of carbonyl (C=O) groups is 2. The molecule has 0 fully saturated rings. The largest absolute Gasteiger partial charge is 0.497 e. The van der Waals surface area contributed by atoms with Gasteiger partial charge in [-0.2, -0.15) is 0 Å². The molecule has 5 aromatic carbocycles. The topological polar surface area (TPSA) is 185 Å². The predicted octanol–water partition coefficient (Wildman–Crippen LogP) is 11.6. The van der Waals surface area contributed by atoms with Crippen molar-refractivity contribution in [1.29, 1.82) is 5.41 Å². The van der Waals surface area contributed by atoms with E-state index in [1.165, 1.54) is 17.4 Å². The molecule has 2 amide bonds. The van der Waals surface area contributed by atoms with Gasteiger partial charge in [0.2, 0.25) is 5.91 Å². The quantitative estimate of drug-likeness (QED) is 0.0205. The average Bonchev–Trinajstić information content (AvgIpc) is 4.11. The van der Waals surface area contributed by atoms with Gasteiger partial charge in [-0.15, -0.1) is 0 Å². The van der Waals surface area contributed by atoms with Crippen LogP contribution in [0, 0.1) is 5.41 Å². The molecular formula is C60H71N8O9P. The van der Waals surface area contributed by atoms with Crippen LogP contribution in [0.3, 0.4) is 0 Å². The molecule has 2 aromatic heterocycles. The van der Waals surface area contributed by atoms with E-state index < -0.39 is 32.4 Å². The van der Waals surface area contributed by atoms with Crippen LogP contribution in [-0.4, -0.2) is 119 Å². The van der Waals surface area contributed by atoms with Crippen LogP contribution in [0.4, 0.5) is 10.6 Å². The molecule has 410 valence electrons. The van der Waals surface area contributed by atoms with Gasteiger partial charge < -0.3 is 48.4 Å². The van der Waals surface area contributed by atoms with Gasteiger partial charge in [0.25, 0.3) is 8.53 Å². The summed E-state index contributed by atoms with van der Waals surface area (Å²) in [5.41, 5.74) is 6.82. The number of nitrogens with zero attached hydrogens (tertiary/aromatic N) is 6. The van der Waals surface area contributed by atoms with Gasteiger partial charge >= 0.3 is 6.09 Å². The highest BCUT2D eigenvalue weighted by molar-refractivity contribution is 7.44. The molecule has 2 unspecified atom stereocenters. The molecular weight excluding hydrogens is 1010 g/mol. The summed E-state index contributed by atoms with van der Waals surface area (Å²) in [6.45, 7) is 11.2. The molecule has 8 rings (SSSR count). The van der Waals surface area contributed by atoms with Crippen molar-refractivity contribution < 1.29 is 42.3 Å². The minimum atomic E-state index is -1.64. The molecule has 78 heavy (non-hydrogen) atoms. The summed E-state index contributed by atoms with van der Waals surface area (Å²) < 4.78 is 48.6. The number of anilines is 1. The first-order valence-corrected chi connectivity index (χ1v) is 27.5. The highest BCUT2D eigenvalue weighted by Crippen LogP contribution is 2.49. The average molecular weight is 1080 g/mol. The zero-order valence-electron chi connectivity index (χ0n) is 45.7. The van der Waals surface area contributed by atoms with Crippen LogP contribution >= 0.6 is 8.53 Å². The molecule has 17 nitrogen and oxygen atoms in total. The Morgan fingerprint density at radius 1 is 0.782 bits per heavy atom. The van der Waals surface area contributed by atoms with Crippen molar-refractivity contribution in [1.82, 2.24) is 29.1 Å². The van der Waals surface area contributed by atoms with E-state index in [-0.39, 0.29) is 56.1 Å². The van der Waals surface area contributed by atoms with E-state index in [9.17, 15) is 9.59 Å². The van der Waals surface area contributed by atoms with Gasteiger partial charge in [-0.05, 0) is 110 Å². The summed E-state index contributed by atoms with van der Waals surface area (Å²) >= 11 is 0. The van der Waals surface area contributed by atoms with E-state index in [2.05, 4.69) is 76.9 Å². The van der Waals surface area contributed by atoms with Crippen LogP contribution in [0.25, 0.3) is 22.3 Å². The molecule has 0 aliphatic heterocycles. The van der Waals surface area contributed by atoms with E-state index >= 15 is 0 Å². The normalized spacial score (nSPS) is 13.5. The van der Waals surface area contributed by atoms with Gasteiger partial charge in [0.1, 0.15) is 42.9 Å². The van der Waals surface area contributed by atoms with E-state index in [0.29, 0.717) is 48.7 Å². The van der Waals surface area contributed by atoms with Crippen LogP contribution in [0.5, 0.6) is 11.5 Å². The number of hydrogen-bond acceptors (Lipinski definition) is 14. The fourth-order valence-electron chi connectivity index (χ4n) is 9.83. The van der Waals surface area contributed by atoms with E-state index in [1.54, 1.807) is 32.2 Å². The van der Waals surface area contributed by atoms with Crippen LogP contribution < -0.4 is 14.8 Å². The van der Waals surface area contributed by atoms with Crippen molar-refractivity contribution in [2.45, 2.75) is 96.4 Å². The summed E-state index contributed by atoms with van der Waals surface area (Å²) in [6.07, 6.45) is 3.44. The number of benzene rings is 5. The molecule has 0 saturated carbocycles. The van der Waals surface area contributed by atoms with E-state index in [1.807, 2.05) is 110 Å². The molecule has 1 aliphatic carbocycles. The van der Waals surface area contributed by atoms with Crippen molar-refractivity contribution in [2.75, 3.05) is 52.9 Å². The first-order chi connectivity index (χ1) is 37.9. The third-order valence-electron chi connectivity index (χ3n) is 13.8. The number of amides is 2. The maximum absolute atomic E-state index is 13.4. The molecule has 7 aromatic rings. The molecule has 3 atom stereocenters. The highest BCUT2D eigenvalue weighted by atomic mass is 31.2. The Bertz CT molecular complexity index is 2970. The Labute approximate surface area is 458 Å². The maximum Gasteiger partial charge on any atom is 0.409 e. The van der Waals surface area contributed by atoms with Gasteiger partial charge in [0, 0.05) is 44.4 Å². The Morgan fingerprint density at radius 3 is 1.96 bits per heavy atom. The van der Waals surface area contributed by atoms with Crippen LogP contribution in [0.2, 0.25) is 0 Å². The lowest BCUT2D eigenvalue weighted by atomic mass is 9.80. The van der Waals surface area contributed by atoms with Crippen LogP contribution in [0.1, 0.15) is 87.6 Å². The molecule has 1 aliphatic rings. The maximum atomic E-state index is 13.4. The Hall–Kier alpha value is -7.11. The molecule has 2 N–H and O–H groups in total. The second kappa shape index (κ2) is 27.0. The predicted molar refractivity (Wildman–Crippen MR) is 303 cm³/mol. The Kier molecular flexibility index (Phi) is 19.7. The summed E-state index contributed by atoms with van der Waals surface area (Å²) in [5.74, 6) is 1.29. The fourth-order valence-corrected chi connectivity index (χ4v) is 11.6. The minimum absolute atomic E-state index is 0.0283. The van der Waals surface area contributed by atoms with Crippen LogP contribution in [-0.2, 0) is 40.4 Å². The molecule has 0 spiro atoms. The summed E-state index contributed by atoms with van der Waals surface area (Å²) in [5, 5.41) is 10.6. The van der Waals surface area contributed by atoms with Crippen molar-refractivity contribution in [3.05, 3.63) is 168 Å². The highest BCUT2D eigenvalue weighted by Gasteiger charge is 2.40. The lowest BCUT2D eigenvalue weighted by Crippen LogP contribution is -2.41. The summed E-state index contributed by atoms with van der Waals surface area (Å²) in [7, 11) is 3.31. The molecule has 0 radical (unpaired) electrons. The van der Waals surface area contributed by atoms with Gasteiger partial charge in [0.05, 0.1) is 39.9 Å². The number of aromatic nitrogens is 4. The Balaban J connectivity index is 0.991. The summed E-state index contributed by atoms with van der Waals surface area (Å²) in [6, 6.07) is 42.3. The van der Waals surface area contributed by atoms with Crippen molar-refractivity contribution in [2.24, 2.45) is 0 Å². The van der Waals surface area contributed by atoms with Crippen molar-refractivity contribution in [3.8, 4) is 22.6 Å². The number of hydrogen-bond donors (Lipinski definition) is 2.